The van der Waals surface area contributed by atoms with E-state index in [9.17, 15) is 4.39 Å². The van der Waals surface area contributed by atoms with Gasteiger partial charge in [0.1, 0.15) is 11.6 Å². The van der Waals surface area contributed by atoms with Gasteiger partial charge >= 0.3 is 0 Å². The minimum absolute atomic E-state index is 0. The lowest BCUT2D eigenvalue weighted by molar-refractivity contribution is 0.138. The lowest BCUT2D eigenvalue weighted by atomic mass is 9.83. The van der Waals surface area contributed by atoms with Crippen LogP contribution in [-0.4, -0.2) is 38.3 Å². The van der Waals surface area contributed by atoms with Crippen LogP contribution in [0.2, 0.25) is 0 Å². The lowest BCUT2D eigenvalue weighted by Gasteiger charge is -2.30. The van der Waals surface area contributed by atoms with Gasteiger partial charge in [0, 0.05) is 52.2 Å². The van der Waals surface area contributed by atoms with Crippen LogP contribution in [0.5, 0.6) is 11.6 Å². The van der Waals surface area contributed by atoms with Crippen molar-refractivity contribution in [1.29, 1.82) is 0 Å². The fourth-order valence-corrected chi connectivity index (χ4v) is 3.86. The fourth-order valence-electron chi connectivity index (χ4n) is 3.86. The molecule has 0 aliphatic heterocycles. The summed E-state index contributed by atoms with van der Waals surface area (Å²) in [4.78, 5) is 8.64. The van der Waals surface area contributed by atoms with Gasteiger partial charge in [-0.25, -0.2) is 9.37 Å². The van der Waals surface area contributed by atoms with Gasteiger partial charge in [0.25, 0.3) is 0 Å². The summed E-state index contributed by atoms with van der Waals surface area (Å²) in [6.45, 7) is 2.29. The molecule has 1 saturated carbocycles. The highest BCUT2D eigenvalue weighted by atomic mass is 127. The Kier molecular flexibility index (Phi) is 10.5. The monoisotopic (exact) mass is 542 g/mol. The number of halogens is 2. The van der Waals surface area contributed by atoms with Crippen molar-refractivity contribution in [2.75, 3.05) is 27.3 Å². The molecule has 1 aromatic carbocycles. The largest absolute Gasteiger partial charge is 0.439 e. The molecule has 1 fully saturated rings. The second kappa shape index (κ2) is 12.8. The van der Waals surface area contributed by atoms with Crippen LogP contribution in [0.1, 0.15) is 37.7 Å². The Hall–Kier alpha value is -1.94. The second-order valence-corrected chi connectivity index (χ2v) is 7.79. The van der Waals surface area contributed by atoms with E-state index in [0.717, 1.165) is 31.1 Å². The number of ether oxygens (including phenoxy) is 2. The first-order valence-electron chi connectivity index (χ1n) is 10.4. The van der Waals surface area contributed by atoms with Crippen LogP contribution in [0.15, 0.2) is 47.6 Å². The molecule has 170 valence electrons. The van der Waals surface area contributed by atoms with Gasteiger partial charge in [-0.05, 0) is 42.4 Å². The molecule has 1 heterocycles. The maximum atomic E-state index is 13.3. The van der Waals surface area contributed by atoms with E-state index in [0.29, 0.717) is 23.6 Å². The number of aliphatic imine (C=N–C) groups is 1. The molecule has 0 spiro atoms. The number of nitrogens with zero attached hydrogens (tertiary/aromatic N) is 2. The number of rotatable bonds is 9. The van der Waals surface area contributed by atoms with E-state index in [1.165, 1.54) is 37.8 Å². The number of guanidine groups is 1. The maximum Gasteiger partial charge on any atom is 0.219 e. The van der Waals surface area contributed by atoms with Crippen LogP contribution in [0.3, 0.4) is 0 Å². The SMILES string of the molecule is CN=C(NCc1ccc(Oc2cccc(F)c2)nc1)NCC1(CCOC)CCCC1.I. The van der Waals surface area contributed by atoms with E-state index in [-0.39, 0.29) is 29.8 Å². The van der Waals surface area contributed by atoms with Crippen LogP contribution in [-0.2, 0) is 11.3 Å². The topological polar surface area (TPSA) is 67.8 Å². The van der Waals surface area contributed by atoms with Crippen LogP contribution in [0.25, 0.3) is 0 Å². The minimum atomic E-state index is -0.339. The highest BCUT2D eigenvalue weighted by Crippen LogP contribution is 2.40. The Balaban J connectivity index is 0.00000341. The highest BCUT2D eigenvalue weighted by Gasteiger charge is 2.33. The van der Waals surface area contributed by atoms with Crippen LogP contribution < -0.4 is 15.4 Å². The quantitative estimate of drug-likeness (QED) is 0.268. The Morgan fingerprint density at radius 3 is 2.65 bits per heavy atom. The van der Waals surface area contributed by atoms with Crippen LogP contribution in [0, 0.1) is 11.2 Å². The number of nitrogens with one attached hydrogen (secondary N) is 2. The summed E-state index contributed by atoms with van der Waals surface area (Å²) in [6, 6.07) is 9.71. The summed E-state index contributed by atoms with van der Waals surface area (Å²) < 4.78 is 24.2. The highest BCUT2D eigenvalue weighted by molar-refractivity contribution is 14.0. The fraction of sp³-hybridized carbons (Fsp3) is 0.478. The Labute approximate surface area is 201 Å². The Morgan fingerprint density at radius 1 is 1.19 bits per heavy atom. The maximum absolute atomic E-state index is 13.3. The summed E-state index contributed by atoms with van der Waals surface area (Å²) in [7, 11) is 3.54. The van der Waals surface area contributed by atoms with E-state index in [4.69, 9.17) is 9.47 Å². The lowest BCUT2D eigenvalue weighted by Crippen LogP contribution is -2.43. The van der Waals surface area contributed by atoms with E-state index in [1.54, 1.807) is 38.6 Å². The molecule has 0 radical (unpaired) electrons. The molecule has 0 unspecified atom stereocenters. The molecule has 2 N–H and O–H groups in total. The molecule has 31 heavy (non-hydrogen) atoms. The van der Waals surface area contributed by atoms with E-state index in [2.05, 4.69) is 20.6 Å². The number of methoxy groups -OCH3 is 1. The Morgan fingerprint density at radius 2 is 2.00 bits per heavy atom. The molecule has 1 aliphatic carbocycles. The number of hydrogen-bond acceptors (Lipinski definition) is 4. The molecule has 3 rings (SSSR count). The van der Waals surface area contributed by atoms with E-state index < -0.39 is 0 Å². The van der Waals surface area contributed by atoms with Crippen molar-refractivity contribution in [3.8, 4) is 11.6 Å². The third-order valence-electron chi connectivity index (χ3n) is 5.63. The molecule has 6 nitrogen and oxygen atoms in total. The average molecular weight is 542 g/mol. The van der Waals surface area contributed by atoms with Crippen molar-refractivity contribution in [3.05, 3.63) is 54.0 Å². The zero-order chi connectivity index (χ0) is 21.2. The predicted molar refractivity (Wildman–Crippen MR) is 132 cm³/mol. The molecule has 8 heteroatoms. The second-order valence-electron chi connectivity index (χ2n) is 7.79. The zero-order valence-electron chi connectivity index (χ0n) is 18.2. The molecule has 0 bridgehead atoms. The Bertz CT molecular complexity index is 827. The van der Waals surface area contributed by atoms with E-state index >= 15 is 0 Å². The zero-order valence-corrected chi connectivity index (χ0v) is 20.5. The van der Waals surface area contributed by atoms with Gasteiger partial charge in [0.05, 0.1) is 0 Å². The molecule has 1 aromatic heterocycles. The van der Waals surface area contributed by atoms with Crippen molar-refractivity contribution in [1.82, 2.24) is 15.6 Å². The molecule has 2 aromatic rings. The van der Waals surface area contributed by atoms with Crippen molar-refractivity contribution < 1.29 is 13.9 Å². The van der Waals surface area contributed by atoms with E-state index in [1.807, 2.05) is 6.07 Å². The molecular weight excluding hydrogens is 510 g/mol. The third-order valence-corrected chi connectivity index (χ3v) is 5.63. The molecule has 0 saturated heterocycles. The van der Waals surface area contributed by atoms with Gasteiger partial charge in [-0.2, -0.15) is 0 Å². The normalized spacial score (nSPS) is 15.3. The van der Waals surface area contributed by atoms with Crippen LogP contribution in [0.4, 0.5) is 4.39 Å². The summed E-state index contributed by atoms with van der Waals surface area (Å²) >= 11 is 0. The standard InChI is InChI=1S/C23H31FN4O2.HI/c1-25-22(28-17-23(12-13-29-2)10-3-4-11-23)27-16-18-8-9-21(26-15-18)30-20-7-5-6-19(24)14-20;/h5-9,14-15H,3-4,10-13,16-17H2,1-2H3,(H2,25,27,28);1H. The molecular formula is C23H32FIN4O2. The summed E-state index contributed by atoms with van der Waals surface area (Å²) in [5, 5.41) is 6.82. The summed E-state index contributed by atoms with van der Waals surface area (Å²) in [6.07, 6.45) is 7.85. The van der Waals surface area contributed by atoms with Gasteiger partial charge in [0.15, 0.2) is 5.96 Å². The first-order chi connectivity index (χ1) is 14.6. The van der Waals surface area contributed by atoms with Crippen LogP contribution >= 0.6 is 24.0 Å². The smallest absolute Gasteiger partial charge is 0.219 e. The molecule has 1 aliphatic rings. The number of hydrogen-bond donors (Lipinski definition) is 2. The number of aromatic nitrogens is 1. The van der Waals surface area contributed by atoms with Crippen molar-refractivity contribution in [2.24, 2.45) is 10.4 Å². The average Bonchev–Trinajstić information content (AvgIpc) is 3.23. The van der Waals surface area contributed by atoms with Gasteiger partial charge < -0.3 is 20.1 Å². The van der Waals surface area contributed by atoms with Gasteiger partial charge in [-0.15, -0.1) is 24.0 Å². The first-order valence-corrected chi connectivity index (χ1v) is 10.4. The van der Waals surface area contributed by atoms with Crippen molar-refractivity contribution in [2.45, 2.75) is 38.6 Å². The first kappa shape index (κ1) is 25.3. The summed E-state index contributed by atoms with van der Waals surface area (Å²) in [5.41, 5.74) is 1.30. The number of benzene rings is 1. The number of pyridine rings is 1. The third kappa shape index (κ3) is 7.92. The van der Waals surface area contributed by atoms with Gasteiger partial charge in [-0.3, -0.25) is 4.99 Å². The van der Waals surface area contributed by atoms with Gasteiger partial charge in [0.2, 0.25) is 5.88 Å². The molecule has 0 atom stereocenters. The summed E-state index contributed by atoms with van der Waals surface area (Å²) in [5.74, 6) is 1.29. The molecule has 0 amide bonds. The van der Waals surface area contributed by atoms with Crippen molar-refractivity contribution >= 4 is 29.9 Å². The van der Waals surface area contributed by atoms with Crippen molar-refractivity contribution in [3.63, 3.8) is 0 Å². The minimum Gasteiger partial charge on any atom is -0.439 e. The van der Waals surface area contributed by atoms with Gasteiger partial charge in [-0.1, -0.05) is 25.0 Å². The predicted octanol–water partition coefficient (Wildman–Crippen LogP) is 4.89.